The van der Waals surface area contributed by atoms with Crippen molar-refractivity contribution >= 4 is 31.5 Å². The Morgan fingerprint density at radius 2 is 2.21 bits per heavy atom. The number of rotatable bonds is 2. The van der Waals surface area contributed by atoms with E-state index >= 15 is 0 Å². The third-order valence-corrected chi connectivity index (χ3v) is 4.20. The second-order valence-corrected chi connectivity index (χ2v) is 7.14. The fraction of sp³-hybridized carbons (Fsp3) is 0.333. The molecule has 5 heteroatoms. The summed E-state index contributed by atoms with van der Waals surface area (Å²) in [6, 6.07) is 5.75. The summed E-state index contributed by atoms with van der Waals surface area (Å²) in [5, 5.41) is 0. The fourth-order valence-corrected chi connectivity index (χ4v) is 3.59. The van der Waals surface area contributed by atoms with Gasteiger partial charge in [0.2, 0.25) is 9.05 Å². The molecule has 14 heavy (non-hydrogen) atoms. The van der Waals surface area contributed by atoms with E-state index in [1.165, 1.54) is 10.5 Å². The summed E-state index contributed by atoms with van der Waals surface area (Å²) >= 11 is 1.77. The van der Waals surface area contributed by atoms with E-state index in [0.717, 1.165) is 17.7 Å². The van der Waals surface area contributed by atoms with Gasteiger partial charge in [-0.25, -0.2) is 8.42 Å². The first-order valence-electron chi connectivity index (χ1n) is 4.21. The van der Waals surface area contributed by atoms with Crippen LogP contribution in [0.25, 0.3) is 0 Å². The lowest BCUT2D eigenvalue weighted by Crippen LogP contribution is -1.95. The normalized spacial score (nSPS) is 15.5. The van der Waals surface area contributed by atoms with Crippen molar-refractivity contribution in [3.05, 3.63) is 29.3 Å². The van der Waals surface area contributed by atoms with Gasteiger partial charge in [0.05, 0.1) is 5.75 Å². The zero-order chi connectivity index (χ0) is 10.2. The Labute approximate surface area is 92.1 Å². The fourth-order valence-electron chi connectivity index (χ4n) is 1.50. The third kappa shape index (κ3) is 2.43. The Balaban J connectivity index is 2.29. The first-order valence-corrected chi connectivity index (χ1v) is 7.68. The van der Waals surface area contributed by atoms with Crippen LogP contribution in [-0.4, -0.2) is 14.2 Å². The Kier molecular flexibility index (Phi) is 2.77. The second-order valence-electron chi connectivity index (χ2n) is 3.22. The van der Waals surface area contributed by atoms with Gasteiger partial charge in [-0.15, -0.1) is 11.8 Å². The number of hydrogen-bond donors (Lipinski definition) is 0. The second kappa shape index (κ2) is 3.76. The monoisotopic (exact) mass is 248 g/mol. The van der Waals surface area contributed by atoms with Gasteiger partial charge in [0, 0.05) is 21.3 Å². The smallest absolute Gasteiger partial charge is 0.212 e. The zero-order valence-corrected chi connectivity index (χ0v) is 9.75. The molecule has 0 aromatic heterocycles. The minimum atomic E-state index is -3.43. The Hall–Kier alpha value is -0.190. The van der Waals surface area contributed by atoms with E-state index in [1.807, 2.05) is 18.2 Å². The average molecular weight is 249 g/mol. The molecule has 0 amide bonds. The van der Waals surface area contributed by atoms with Crippen LogP contribution in [-0.2, 0) is 21.2 Å². The van der Waals surface area contributed by atoms with Crippen LogP contribution in [0.1, 0.15) is 11.1 Å². The van der Waals surface area contributed by atoms with Crippen molar-refractivity contribution in [2.45, 2.75) is 17.1 Å². The number of hydrogen-bond acceptors (Lipinski definition) is 3. The topological polar surface area (TPSA) is 34.1 Å². The molecule has 1 aromatic rings. The van der Waals surface area contributed by atoms with Gasteiger partial charge >= 0.3 is 0 Å². The van der Waals surface area contributed by atoms with E-state index in [9.17, 15) is 8.42 Å². The molecular formula is C9H9ClO2S2. The van der Waals surface area contributed by atoms with E-state index in [2.05, 4.69) is 0 Å². The van der Waals surface area contributed by atoms with Crippen LogP contribution in [0.3, 0.4) is 0 Å². The van der Waals surface area contributed by atoms with Crippen LogP contribution >= 0.6 is 22.4 Å². The van der Waals surface area contributed by atoms with Crippen molar-refractivity contribution in [1.29, 1.82) is 0 Å². The highest BCUT2D eigenvalue weighted by molar-refractivity contribution is 8.13. The highest BCUT2D eigenvalue weighted by atomic mass is 35.7. The van der Waals surface area contributed by atoms with E-state index in [1.54, 1.807) is 11.8 Å². The molecule has 1 heterocycles. The minimum absolute atomic E-state index is 0.0810. The molecule has 0 radical (unpaired) electrons. The zero-order valence-electron chi connectivity index (χ0n) is 7.36. The highest BCUT2D eigenvalue weighted by Gasteiger charge is 2.13. The minimum Gasteiger partial charge on any atom is -0.212 e. The molecule has 1 aliphatic rings. The maximum Gasteiger partial charge on any atom is 0.236 e. The molecule has 0 bridgehead atoms. The van der Waals surface area contributed by atoms with Crippen LogP contribution < -0.4 is 0 Å². The van der Waals surface area contributed by atoms with Crippen molar-refractivity contribution < 1.29 is 8.42 Å². The molecule has 1 aliphatic heterocycles. The number of aryl methyl sites for hydroxylation is 1. The van der Waals surface area contributed by atoms with E-state index in [0.29, 0.717) is 0 Å². The third-order valence-electron chi connectivity index (χ3n) is 2.10. The maximum atomic E-state index is 10.9. The lowest BCUT2D eigenvalue weighted by atomic mass is 10.1. The lowest BCUT2D eigenvalue weighted by Gasteiger charge is -2.01. The number of benzene rings is 1. The molecule has 0 saturated heterocycles. The Bertz CT molecular complexity index is 454. The number of halogens is 1. The molecule has 2 nitrogen and oxygen atoms in total. The SMILES string of the molecule is O=S(=O)(Cl)Cc1ccc2c(c1)SCC2. The first-order chi connectivity index (χ1) is 6.54. The molecule has 0 unspecified atom stereocenters. The van der Waals surface area contributed by atoms with Gasteiger partial charge in [0.25, 0.3) is 0 Å². The Morgan fingerprint density at radius 1 is 1.43 bits per heavy atom. The quantitative estimate of drug-likeness (QED) is 0.754. The van der Waals surface area contributed by atoms with Crippen molar-refractivity contribution in [1.82, 2.24) is 0 Å². The molecular weight excluding hydrogens is 240 g/mol. The predicted octanol–water partition coefficient (Wildman–Crippen LogP) is 2.40. The van der Waals surface area contributed by atoms with Gasteiger partial charge in [-0.2, -0.15) is 0 Å². The van der Waals surface area contributed by atoms with Crippen LogP contribution in [0.2, 0.25) is 0 Å². The molecule has 0 aliphatic carbocycles. The number of thioether (sulfide) groups is 1. The molecule has 0 atom stereocenters. The van der Waals surface area contributed by atoms with Gasteiger partial charge < -0.3 is 0 Å². The standard InChI is InChI=1S/C9H9ClO2S2/c10-14(11,12)6-7-1-2-8-3-4-13-9(8)5-7/h1-2,5H,3-4,6H2. The van der Waals surface area contributed by atoms with Gasteiger partial charge in [-0.05, 0) is 23.6 Å². The largest absolute Gasteiger partial charge is 0.236 e. The van der Waals surface area contributed by atoms with Crippen molar-refractivity contribution in [3.63, 3.8) is 0 Å². The van der Waals surface area contributed by atoms with Crippen LogP contribution in [0.5, 0.6) is 0 Å². The Morgan fingerprint density at radius 3 is 2.93 bits per heavy atom. The van der Waals surface area contributed by atoms with E-state index in [-0.39, 0.29) is 5.75 Å². The highest BCUT2D eigenvalue weighted by Crippen LogP contribution is 2.32. The van der Waals surface area contributed by atoms with Gasteiger partial charge in [-0.1, -0.05) is 12.1 Å². The molecule has 2 rings (SSSR count). The number of fused-ring (bicyclic) bond motifs is 1. The lowest BCUT2D eigenvalue weighted by molar-refractivity contribution is 0.609. The van der Waals surface area contributed by atoms with Gasteiger partial charge in [0.15, 0.2) is 0 Å². The van der Waals surface area contributed by atoms with E-state index in [4.69, 9.17) is 10.7 Å². The maximum absolute atomic E-state index is 10.9. The van der Waals surface area contributed by atoms with Crippen LogP contribution in [0.4, 0.5) is 0 Å². The molecule has 0 saturated carbocycles. The van der Waals surface area contributed by atoms with E-state index < -0.39 is 9.05 Å². The van der Waals surface area contributed by atoms with Crippen LogP contribution in [0, 0.1) is 0 Å². The molecule has 1 aromatic carbocycles. The first kappa shape index (κ1) is 10.3. The predicted molar refractivity (Wildman–Crippen MR) is 59.3 cm³/mol. The summed E-state index contributed by atoms with van der Waals surface area (Å²) in [4.78, 5) is 1.20. The summed E-state index contributed by atoms with van der Waals surface area (Å²) in [5.74, 6) is 1.01. The van der Waals surface area contributed by atoms with Crippen molar-refractivity contribution in [2.75, 3.05) is 5.75 Å². The molecule has 0 spiro atoms. The average Bonchev–Trinajstić information content (AvgIpc) is 2.47. The van der Waals surface area contributed by atoms with Crippen LogP contribution in [0.15, 0.2) is 23.1 Å². The van der Waals surface area contributed by atoms with Gasteiger partial charge in [0.1, 0.15) is 0 Å². The summed E-state index contributed by atoms with van der Waals surface area (Å²) < 4.78 is 21.7. The summed E-state index contributed by atoms with van der Waals surface area (Å²) in [6.45, 7) is 0. The summed E-state index contributed by atoms with van der Waals surface area (Å²) in [5.41, 5.74) is 2.08. The van der Waals surface area contributed by atoms with Crippen molar-refractivity contribution in [2.24, 2.45) is 0 Å². The molecule has 0 N–H and O–H groups in total. The molecule has 76 valence electrons. The summed E-state index contributed by atoms with van der Waals surface area (Å²) in [7, 11) is 1.75. The van der Waals surface area contributed by atoms with Gasteiger partial charge in [-0.3, -0.25) is 0 Å². The van der Waals surface area contributed by atoms with Crippen molar-refractivity contribution in [3.8, 4) is 0 Å². The molecule has 0 fully saturated rings. The summed E-state index contributed by atoms with van der Waals surface area (Å²) in [6.07, 6.45) is 1.08.